The fourth-order valence-corrected chi connectivity index (χ4v) is 5.81. The van der Waals surface area contributed by atoms with Gasteiger partial charge in [-0.25, -0.2) is 9.78 Å². The number of nitrogens with zero attached hydrogens (tertiary/aromatic N) is 5. The zero-order valence-electron chi connectivity index (χ0n) is 19.6. The topological polar surface area (TPSA) is 102 Å². The number of fused-ring (bicyclic) bond motifs is 2. The number of nitrogens with two attached hydrogens (primary N) is 1. The highest BCUT2D eigenvalue weighted by Gasteiger charge is 2.49. The molecule has 2 fully saturated rings. The number of halogens is 3. The maximum absolute atomic E-state index is 13.3. The van der Waals surface area contributed by atoms with Gasteiger partial charge in [0.15, 0.2) is 0 Å². The van der Waals surface area contributed by atoms with Crippen LogP contribution in [-0.2, 0) is 23.7 Å². The molecule has 11 heteroatoms. The number of alkyl halides is 3. The molecule has 1 unspecified atom stereocenters. The van der Waals surface area contributed by atoms with E-state index in [2.05, 4.69) is 20.4 Å². The third kappa shape index (κ3) is 3.59. The molecule has 2 amide bonds. The first-order valence-electron chi connectivity index (χ1n) is 12.1. The maximum Gasteiger partial charge on any atom is 0.419 e. The minimum absolute atomic E-state index is 0.104. The van der Waals surface area contributed by atoms with Gasteiger partial charge in [0, 0.05) is 48.7 Å². The van der Waals surface area contributed by atoms with Crippen molar-refractivity contribution in [1.82, 2.24) is 30.0 Å². The average molecular weight is 498 g/mol. The van der Waals surface area contributed by atoms with Gasteiger partial charge in [-0.15, -0.1) is 0 Å². The van der Waals surface area contributed by atoms with Crippen LogP contribution < -0.4 is 11.1 Å². The van der Waals surface area contributed by atoms with Crippen LogP contribution in [0.1, 0.15) is 49.1 Å². The van der Waals surface area contributed by atoms with E-state index in [0.29, 0.717) is 25.3 Å². The van der Waals surface area contributed by atoms with Crippen molar-refractivity contribution in [1.29, 1.82) is 0 Å². The van der Waals surface area contributed by atoms with Gasteiger partial charge in [-0.2, -0.15) is 18.3 Å². The number of pyridine rings is 2. The minimum Gasteiger partial charge on any atom is -0.383 e. The predicted octanol–water partition coefficient (Wildman–Crippen LogP) is 4.08. The van der Waals surface area contributed by atoms with Crippen LogP contribution in [0.4, 0.5) is 23.8 Å². The first kappa shape index (κ1) is 22.8. The Labute approximate surface area is 205 Å². The van der Waals surface area contributed by atoms with Crippen molar-refractivity contribution in [3.8, 4) is 11.3 Å². The molecule has 0 radical (unpaired) electrons. The molecule has 1 atom stereocenters. The summed E-state index contributed by atoms with van der Waals surface area (Å²) in [7, 11) is 0. The van der Waals surface area contributed by atoms with Crippen LogP contribution in [0.5, 0.6) is 0 Å². The van der Waals surface area contributed by atoms with Gasteiger partial charge in [0.2, 0.25) is 0 Å². The monoisotopic (exact) mass is 497 g/mol. The molecule has 1 saturated heterocycles. The lowest BCUT2D eigenvalue weighted by Crippen LogP contribution is -2.55. The zero-order chi connectivity index (χ0) is 25.1. The Morgan fingerprint density at radius 2 is 1.89 bits per heavy atom. The van der Waals surface area contributed by atoms with Crippen LogP contribution in [0.3, 0.4) is 0 Å². The molecule has 0 bridgehead atoms. The number of hydrogen-bond donors (Lipinski definition) is 2. The van der Waals surface area contributed by atoms with Crippen LogP contribution >= 0.6 is 0 Å². The van der Waals surface area contributed by atoms with E-state index in [4.69, 9.17) is 5.73 Å². The summed E-state index contributed by atoms with van der Waals surface area (Å²) in [6.07, 6.45) is 2.84. The van der Waals surface area contributed by atoms with E-state index in [1.807, 2.05) is 33.8 Å². The van der Waals surface area contributed by atoms with E-state index in [1.54, 1.807) is 6.20 Å². The van der Waals surface area contributed by atoms with Crippen LogP contribution in [0, 0.1) is 0 Å². The summed E-state index contributed by atoms with van der Waals surface area (Å²) in [5.74, 6) is -0.554. The van der Waals surface area contributed by atoms with Crippen molar-refractivity contribution in [3.05, 3.63) is 59.7 Å². The molecule has 3 aromatic rings. The number of carbonyl (C=O) groups excluding carboxylic acids is 1. The second kappa shape index (κ2) is 7.94. The van der Waals surface area contributed by atoms with Gasteiger partial charge in [0.25, 0.3) is 0 Å². The normalized spacial score (nSPS) is 22.5. The van der Waals surface area contributed by atoms with E-state index in [9.17, 15) is 18.0 Å². The largest absolute Gasteiger partial charge is 0.419 e. The number of rotatable bonds is 3. The summed E-state index contributed by atoms with van der Waals surface area (Å²) >= 11 is 0. The Morgan fingerprint density at radius 3 is 2.58 bits per heavy atom. The van der Waals surface area contributed by atoms with E-state index in [0.717, 1.165) is 49.6 Å². The average Bonchev–Trinajstić information content (AvgIpc) is 3.53. The van der Waals surface area contributed by atoms with Gasteiger partial charge in [-0.05, 0) is 56.4 Å². The number of nitrogen functional groups attached to an aromatic ring is 1. The highest BCUT2D eigenvalue weighted by atomic mass is 19.4. The molecule has 3 aromatic heterocycles. The highest BCUT2D eigenvalue weighted by Crippen LogP contribution is 2.45. The molecule has 8 nitrogen and oxygen atoms in total. The first-order chi connectivity index (χ1) is 17.2. The zero-order valence-corrected chi connectivity index (χ0v) is 19.6. The standard InChI is InChI=1S/C25H26F3N7O/c26-25(27,28)17-12-16(14-31-21(17)29)18-13-20-23(8-11-35(20)33-18)7-10-34(15-23)22(36)32-24(5-3-6-24)19-4-1-2-9-30-19/h1-2,4,9,12-14H,3,5-8,10-11,15H2,(H2,29,31)(H,32,36). The van der Waals surface area contributed by atoms with Crippen LogP contribution in [0.2, 0.25) is 0 Å². The van der Waals surface area contributed by atoms with Crippen molar-refractivity contribution in [2.75, 3.05) is 18.8 Å². The quantitative estimate of drug-likeness (QED) is 0.568. The highest BCUT2D eigenvalue weighted by molar-refractivity contribution is 5.76. The molecule has 3 N–H and O–H groups in total. The molecule has 36 heavy (non-hydrogen) atoms. The summed E-state index contributed by atoms with van der Waals surface area (Å²) in [5.41, 5.74) is 6.32. The van der Waals surface area contributed by atoms with Crippen LogP contribution in [-0.4, -0.2) is 43.8 Å². The van der Waals surface area contributed by atoms with E-state index < -0.39 is 23.1 Å². The lowest BCUT2D eigenvalue weighted by Gasteiger charge is -2.42. The van der Waals surface area contributed by atoms with E-state index in [-0.39, 0.29) is 17.0 Å². The third-order valence-electron chi connectivity index (χ3n) is 7.99. The van der Waals surface area contributed by atoms with Crippen LogP contribution in [0.15, 0.2) is 42.7 Å². The van der Waals surface area contributed by atoms with Gasteiger partial charge in [0.05, 0.1) is 22.5 Å². The number of amides is 2. The van der Waals surface area contributed by atoms with E-state index in [1.165, 1.54) is 6.20 Å². The molecular weight excluding hydrogens is 471 g/mol. The number of anilines is 1. The Hall–Kier alpha value is -3.63. The lowest BCUT2D eigenvalue weighted by molar-refractivity contribution is -0.137. The Balaban J connectivity index is 1.22. The summed E-state index contributed by atoms with van der Waals surface area (Å²) < 4.78 is 41.8. The molecule has 1 spiro atoms. The summed E-state index contributed by atoms with van der Waals surface area (Å²) in [6, 6.07) is 8.49. The predicted molar refractivity (Wildman–Crippen MR) is 126 cm³/mol. The number of carbonyl (C=O) groups is 1. The summed E-state index contributed by atoms with van der Waals surface area (Å²) in [4.78, 5) is 23.4. The van der Waals surface area contributed by atoms with E-state index >= 15 is 0 Å². The lowest BCUT2D eigenvalue weighted by atomic mass is 9.74. The molecule has 3 aliphatic rings. The third-order valence-corrected chi connectivity index (χ3v) is 7.99. The Bertz CT molecular complexity index is 1320. The molecule has 1 saturated carbocycles. The minimum atomic E-state index is -4.59. The summed E-state index contributed by atoms with van der Waals surface area (Å²) in [5, 5.41) is 7.82. The SMILES string of the molecule is Nc1ncc(-c2cc3n(n2)CCC32CCN(C(=O)NC3(c4ccccn4)CCC3)C2)cc1C(F)(F)F. The fraction of sp³-hybridized carbons (Fsp3) is 0.440. The van der Waals surface area contributed by atoms with Gasteiger partial charge in [-0.3, -0.25) is 9.67 Å². The van der Waals surface area contributed by atoms with Crippen molar-refractivity contribution in [2.24, 2.45) is 0 Å². The van der Waals surface area contributed by atoms with Crippen LogP contribution in [0.25, 0.3) is 11.3 Å². The van der Waals surface area contributed by atoms with Crippen molar-refractivity contribution in [3.63, 3.8) is 0 Å². The Kier molecular flexibility index (Phi) is 5.03. The second-order valence-corrected chi connectivity index (χ2v) is 10.1. The number of aryl methyl sites for hydroxylation is 1. The van der Waals surface area contributed by atoms with Gasteiger partial charge < -0.3 is 16.0 Å². The number of aromatic nitrogens is 4. The molecular formula is C25H26F3N7O. The molecule has 2 aliphatic heterocycles. The smallest absolute Gasteiger partial charge is 0.383 e. The molecule has 6 rings (SSSR count). The Morgan fingerprint density at radius 1 is 1.08 bits per heavy atom. The number of likely N-dealkylation sites (tertiary alicyclic amines) is 1. The summed E-state index contributed by atoms with van der Waals surface area (Å²) in [6.45, 7) is 1.79. The molecule has 5 heterocycles. The number of nitrogens with one attached hydrogen (secondary N) is 1. The van der Waals surface area contributed by atoms with Crippen molar-refractivity contribution < 1.29 is 18.0 Å². The van der Waals surface area contributed by atoms with Gasteiger partial charge in [0.1, 0.15) is 5.82 Å². The number of hydrogen-bond acceptors (Lipinski definition) is 5. The molecule has 0 aromatic carbocycles. The molecule has 188 valence electrons. The number of urea groups is 1. The van der Waals surface area contributed by atoms with Gasteiger partial charge in [-0.1, -0.05) is 6.07 Å². The van der Waals surface area contributed by atoms with Crippen molar-refractivity contribution >= 4 is 11.8 Å². The van der Waals surface area contributed by atoms with Crippen molar-refractivity contribution in [2.45, 2.75) is 55.8 Å². The fourth-order valence-electron chi connectivity index (χ4n) is 5.81. The molecule has 1 aliphatic carbocycles. The second-order valence-electron chi connectivity index (χ2n) is 10.1. The first-order valence-corrected chi connectivity index (χ1v) is 12.1. The maximum atomic E-state index is 13.3. The van der Waals surface area contributed by atoms with Gasteiger partial charge >= 0.3 is 12.2 Å².